The zero-order chi connectivity index (χ0) is 25.4. The number of nitrogens with zero attached hydrogens (tertiary/aromatic N) is 4. The lowest BCUT2D eigenvalue weighted by atomic mass is 9.95. The molecule has 10 nitrogen and oxygen atoms in total. The molecule has 3 aromatic rings. The van der Waals surface area contributed by atoms with Crippen LogP contribution in [0.3, 0.4) is 0 Å². The van der Waals surface area contributed by atoms with Crippen LogP contribution >= 0.6 is 0 Å². The van der Waals surface area contributed by atoms with E-state index in [4.69, 9.17) is 9.47 Å². The van der Waals surface area contributed by atoms with Crippen LogP contribution in [-0.2, 0) is 16.9 Å². The Morgan fingerprint density at radius 1 is 1.26 bits per heavy atom. The highest BCUT2D eigenvalue weighted by Crippen LogP contribution is 2.30. The molecule has 0 radical (unpaired) electrons. The Kier molecular flexibility index (Phi) is 6.62. The lowest BCUT2D eigenvalue weighted by Gasteiger charge is -2.34. The fourth-order valence-corrected chi connectivity index (χ4v) is 5.44. The summed E-state index contributed by atoms with van der Waals surface area (Å²) in [5.74, 6) is -0.167. The molecule has 0 saturated carbocycles. The third-order valence-corrected chi connectivity index (χ3v) is 7.41. The SMILES string of the molecule is Cc1cnc(Oc2ccc3nc(C(=O)NC4(C)CCS(=O)(=O)CC4)n(C)c3n2)c(OCC(F)F)c1. The Labute approximate surface area is 200 Å². The molecule has 0 aliphatic carbocycles. The highest BCUT2D eigenvalue weighted by Gasteiger charge is 2.35. The van der Waals surface area contributed by atoms with Gasteiger partial charge in [0.15, 0.2) is 11.4 Å². The van der Waals surface area contributed by atoms with Gasteiger partial charge in [0.1, 0.15) is 22.0 Å². The average molecular weight is 510 g/mol. The number of alkyl halides is 2. The van der Waals surface area contributed by atoms with E-state index in [0.29, 0.717) is 29.6 Å². The molecule has 3 aromatic heterocycles. The zero-order valence-corrected chi connectivity index (χ0v) is 20.2. The number of aryl methyl sites for hydroxylation is 2. The number of imidazole rings is 1. The third-order valence-electron chi connectivity index (χ3n) is 5.76. The fraction of sp³-hybridized carbons (Fsp3) is 0.455. The molecule has 13 heteroatoms. The van der Waals surface area contributed by atoms with E-state index in [-0.39, 0.29) is 34.8 Å². The molecule has 1 aliphatic heterocycles. The first-order valence-corrected chi connectivity index (χ1v) is 12.7. The van der Waals surface area contributed by atoms with Crippen molar-refractivity contribution >= 4 is 26.9 Å². The molecule has 1 N–H and O–H groups in total. The minimum absolute atomic E-state index is 0.0185. The van der Waals surface area contributed by atoms with E-state index in [0.717, 1.165) is 0 Å². The van der Waals surface area contributed by atoms with Gasteiger partial charge in [-0.1, -0.05) is 0 Å². The molecule has 1 amide bonds. The second kappa shape index (κ2) is 9.36. The summed E-state index contributed by atoms with van der Waals surface area (Å²) in [6, 6.07) is 4.66. The number of halogens is 2. The molecule has 4 rings (SSSR count). The number of pyridine rings is 2. The van der Waals surface area contributed by atoms with Crippen molar-refractivity contribution in [3.05, 3.63) is 35.8 Å². The van der Waals surface area contributed by atoms with Crippen LogP contribution in [0.2, 0.25) is 0 Å². The monoisotopic (exact) mass is 509 g/mol. The highest BCUT2D eigenvalue weighted by molar-refractivity contribution is 7.91. The number of carbonyl (C=O) groups is 1. The number of hydrogen-bond acceptors (Lipinski definition) is 8. The summed E-state index contributed by atoms with van der Waals surface area (Å²) < 4.78 is 61.0. The number of carbonyl (C=O) groups excluding carboxylic acids is 1. The number of hydrogen-bond donors (Lipinski definition) is 1. The van der Waals surface area contributed by atoms with E-state index in [1.165, 1.54) is 22.9 Å². The normalized spacial score (nSPS) is 16.9. The van der Waals surface area contributed by atoms with Crippen LogP contribution in [0.15, 0.2) is 24.4 Å². The number of fused-ring (bicyclic) bond motifs is 1. The van der Waals surface area contributed by atoms with Gasteiger partial charge in [0.05, 0.1) is 11.5 Å². The fourth-order valence-electron chi connectivity index (χ4n) is 3.71. The van der Waals surface area contributed by atoms with Crippen LogP contribution in [0.1, 0.15) is 35.9 Å². The van der Waals surface area contributed by atoms with Crippen LogP contribution < -0.4 is 14.8 Å². The first-order valence-electron chi connectivity index (χ1n) is 10.9. The smallest absolute Gasteiger partial charge is 0.287 e. The maximum Gasteiger partial charge on any atom is 0.287 e. The number of aromatic nitrogens is 4. The summed E-state index contributed by atoms with van der Waals surface area (Å²) in [5, 5.41) is 2.91. The summed E-state index contributed by atoms with van der Waals surface area (Å²) in [4.78, 5) is 25.8. The maximum atomic E-state index is 13.0. The quantitative estimate of drug-likeness (QED) is 0.516. The van der Waals surface area contributed by atoms with Crippen molar-refractivity contribution in [3.63, 3.8) is 0 Å². The van der Waals surface area contributed by atoms with Crippen molar-refractivity contribution in [1.82, 2.24) is 24.8 Å². The zero-order valence-electron chi connectivity index (χ0n) is 19.4. The maximum absolute atomic E-state index is 13.0. The standard InChI is InChI=1S/C22H25F2N5O5S/c1-13-10-15(33-12-16(23)24)21(25-11-13)34-17-5-4-14-18(27-17)29(3)19(26-14)20(30)28-22(2)6-8-35(31,32)9-7-22/h4-5,10-11,16H,6-9,12H2,1-3H3,(H,28,30). The van der Waals surface area contributed by atoms with Crippen LogP contribution in [0, 0.1) is 6.92 Å². The van der Waals surface area contributed by atoms with Gasteiger partial charge in [-0.3, -0.25) is 4.79 Å². The molecular weight excluding hydrogens is 484 g/mol. The van der Waals surface area contributed by atoms with E-state index >= 15 is 0 Å². The summed E-state index contributed by atoms with van der Waals surface area (Å²) in [5.41, 5.74) is 0.837. The van der Waals surface area contributed by atoms with Crippen LogP contribution in [0.25, 0.3) is 11.2 Å². The van der Waals surface area contributed by atoms with E-state index in [1.807, 2.05) is 6.92 Å². The Balaban J connectivity index is 1.55. The van der Waals surface area contributed by atoms with E-state index in [9.17, 15) is 22.0 Å². The first kappa shape index (κ1) is 24.8. The predicted octanol–water partition coefficient (Wildman–Crippen LogP) is 2.81. The van der Waals surface area contributed by atoms with Gasteiger partial charge < -0.3 is 19.4 Å². The second-order valence-corrected chi connectivity index (χ2v) is 11.1. The van der Waals surface area contributed by atoms with Gasteiger partial charge in [-0.15, -0.1) is 0 Å². The lowest BCUT2D eigenvalue weighted by Crippen LogP contribution is -2.51. The van der Waals surface area contributed by atoms with Gasteiger partial charge in [0.25, 0.3) is 18.2 Å². The molecule has 0 atom stereocenters. The molecule has 1 aliphatic rings. The van der Waals surface area contributed by atoms with Crippen LogP contribution in [0.5, 0.6) is 17.5 Å². The Morgan fingerprint density at radius 3 is 2.66 bits per heavy atom. The molecule has 0 aromatic carbocycles. The van der Waals surface area contributed by atoms with E-state index < -0.39 is 34.3 Å². The van der Waals surface area contributed by atoms with Gasteiger partial charge in [0, 0.05) is 24.8 Å². The van der Waals surface area contributed by atoms with Crippen molar-refractivity contribution in [1.29, 1.82) is 0 Å². The van der Waals surface area contributed by atoms with Crippen LogP contribution in [0.4, 0.5) is 8.78 Å². The number of rotatable bonds is 7. The van der Waals surface area contributed by atoms with Gasteiger partial charge in [-0.25, -0.2) is 27.2 Å². The highest BCUT2D eigenvalue weighted by atomic mass is 32.2. The first-order chi connectivity index (χ1) is 16.4. The van der Waals surface area contributed by atoms with E-state index in [1.54, 1.807) is 20.0 Å². The Hall–Kier alpha value is -3.35. The second-order valence-electron chi connectivity index (χ2n) is 8.77. The van der Waals surface area contributed by atoms with Gasteiger partial charge >= 0.3 is 0 Å². The number of nitrogens with one attached hydrogen (secondary N) is 1. The van der Waals surface area contributed by atoms with Crippen molar-refractivity contribution in [2.75, 3.05) is 18.1 Å². The molecule has 4 heterocycles. The predicted molar refractivity (Wildman–Crippen MR) is 123 cm³/mol. The summed E-state index contributed by atoms with van der Waals surface area (Å²) in [6.45, 7) is 2.75. The molecule has 1 fully saturated rings. The van der Waals surface area contributed by atoms with Crippen molar-refractivity contribution in [3.8, 4) is 17.5 Å². The topological polar surface area (TPSA) is 125 Å². The number of ether oxygens (including phenoxy) is 2. The lowest BCUT2D eigenvalue weighted by molar-refractivity contribution is 0.0803. The molecule has 0 spiro atoms. The largest absolute Gasteiger partial charge is 0.482 e. The van der Waals surface area contributed by atoms with Crippen molar-refractivity contribution < 1.29 is 31.5 Å². The molecule has 0 bridgehead atoms. The Bertz CT molecular complexity index is 1360. The minimum atomic E-state index is -3.07. The third kappa shape index (κ3) is 5.66. The van der Waals surface area contributed by atoms with Gasteiger partial charge in [-0.05, 0) is 44.4 Å². The van der Waals surface area contributed by atoms with Crippen LogP contribution in [-0.4, -0.2) is 63.9 Å². The Morgan fingerprint density at radius 2 is 1.97 bits per heavy atom. The number of amides is 1. The molecule has 188 valence electrons. The molecular formula is C22H25F2N5O5S. The molecule has 35 heavy (non-hydrogen) atoms. The van der Waals surface area contributed by atoms with Gasteiger partial charge in [0.2, 0.25) is 11.7 Å². The van der Waals surface area contributed by atoms with E-state index in [2.05, 4.69) is 20.3 Å². The van der Waals surface area contributed by atoms with Gasteiger partial charge in [-0.2, -0.15) is 4.98 Å². The summed E-state index contributed by atoms with van der Waals surface area (Å²) >= 11 is 0. The number of sulfone groups is 1. The summed E-state index contributed by atoms with van der Waals surface area (Å²) in [6.07, 6.45) is -0.508. The summed E-state index contributed by atoms with van der Waals surface area (Å²) in [7, 11) is -1.45. The molecule has 1 saturated heterocycles. The minimum Gasteiger partial charge on any atom is -0.482 e. The van der Waals surface area contributed by atoms with Crippen molar-refractivity contribution in [2.45, 2.75) is 38.7 Å². The molecule has 0 unspecified atom stereocenters. The average Bonchev–Trinajstić information content (AvgIpc) is 3.12. The van der Waals surface area contributed by atoms with Crippen molar-refractivity contribution in [2.24, 2.45) is 7.05 Å².